The van der Waals surface area contributed by atoms with Crippen LogP contribution in [-0.2, 0) is 9.53 Å². The third-order valence-corrected chi connectivity index (χ3v) is 4.57. The first-order valence-electron chi connectivity index (χ1n) is 7.69. The number of piperidine rings is 1. The molecule has 2 aliphatic heterocycles. The topological polar surface area (TPSA) is 41.6 Å². The van der Waals surface area contributed by atoms with Crippen molar-refractivity contribution in [1.82, 2.24) is 10.2 Å². The smallest absolute Gasteiger partial charge is 0.232 e. The van der Waals surface area contributed by atoms with Crippen molar-refractivity contribution >= 4 is 13.8 Å². The molecule has 0 spiro atoms. The van der Waals surface area contributed by atoms with E-state index in [9.17, 15) is 4.79 Å². The lowest BCUT2D eigenvalue weighted by Gasteiger charge is -2.42. The molecule has 2 aliphatic rings. The average molecular weight is 266 g/mol. The summed E-state index contributed by atoms with van der Waals surface area (Å²) >= 11 is 0. The largest absolute Gasteiger partial charge is 0.380 e. The van der Waals surface area contributed by atoms with Crippen molar-refractivity contribution in [1.29, 1.82) is 0 Å². The number of nitrogens with one attached hydrogen (secondary N) is 1. The third kappa shape index (κ3) is 3.32. The summed E-state index contributed by atoms with van der Waals surface area (Å²) in [7, 11) is 2.26. The molecule has 2 heterocycles. The molecule has 0 aromatic rings. The number of carbonyl (C=O) groups excluding carboxylic acids is 1. The molecule has 3 unspecified atom stereocenters. The third-order valence-electron chi connectivity index (χ3n) is 4.57. The normalized spacial score (nSPS) is 35.9. The summed E-state index contributed by atoms with van der Waals surface area (Å²) in [6, 6.07) is 0. The average Bonchev–Trinajstić information content (AvgIpc) is 2.42. The Hall–Kier alpha value is -0.545. The van der Waals surface area contributed by atoms with E-state index in [1.807, 2.05) is 4.90 Å². The monoisotopic (exact) mass is 266 g/mol. The highest BCUT2D eigenvalue weighted by molar-refractivity contribution is 6.11. The van der Waals surface area contributed by atoms with Crippen LogP contribution in [0.1, 0.15) is 39.5 Å². The molecule has 0 radical (unpaired) electrons. The zero-order valence-corrected chi connectivity index (χ0v) is 12.6. The number of rotatable bonds is 3. The molecule has 0 saturated carbocycles. The summed E-state index contributed by atoms with van der Waals surface area (Å²) < 4.78 is 5.54. The highest BCUT2D eigenvalue weighted by Crippen LogP contribution is 2.31. The second kappa shape index (κ2) is 6.27. The van der Waals surface area contributed by atoms with Gasteiger partial charge in [0.2, 0.25) is 5.91 Å². The van der Waals surface area contributed by atoms with Crippen molar-refractivity contribution in [2.24, 2.45) is 5.41 Å². The van der Waals surface area contributed by atoms with Crippen LogP contribution in [-0.4, -0.2) is 51.1 Å². The number of hydrogen-bond donors (Lipinski definition) is 1. The first kappa shape index (κ1) is 14.9. The molecule has 2 rings (SSSR count). The van der Waals surface area contributed by atoms with Crippen molar-refractivity contribution in [3.8, 4) is 0 Å². The van der Waals surface area contributed by atoms with Crippen LogP contribution in [0.25, 0.3) is 0 Å². The summed E-state index contributed by atoms with van der Waals surface area (Å²) in [5.41, 5.74) is -0.320. The Bertz CT molecular complexity index is 311. The van der Waals surface area contributed by atoms with Gasteiger partial charge >= 0.3 is 0 Å². The molecule has 1 N–H and O–H groups in total. The first-order valence-corrected chi connectivity index (χ1v) is 7.69. The molecule has 4 nitrogen and oxygen atoms in total. The highest BCUT2D eigenvalue weighted by atomic mass is 16.5. The van der Waals surface area contributed by atoms with Crippen LogP contribution < -0.4 is 5.32 Å². The van der Waals surface area contributed by atoms with Crippen molar-refractivity contribution in [3.05, 3.63) is 0 Å². The number of ether oxygens (including phenoxy) is 1. The second-order valence-corrected chi connectivity index (χ2v) is 6.41. The van der Waals surface area contributed by atoms with E-state index in [2.05, 4.69) is 27.0 Å². The number of amides is 1. The Morgan fingerprint density at radius 1 is 1.53 bits per heavy atom. The summed E-state index contributed by atoms with van der Waals surface area (Å²) in [4.78, 5) is 14.9. The summed E-state index contributed by atoms with van der Waals surface area (Å²) in [6.45, 7) is 7.30. The summed E-state index contributed by atoms with van der Waals surface area (Å²) in [5, 5.41) is 3.52. The molecule has 2 saturated heterocycles. The fraction of sp³-hybridized carbons (Fsp3) is 0.929. The Morgan fingerprint density at radius 2 is 2.32 bits per heavy atom. The molecule has 0 aromatic carbocycles. The molecule has 108 valence electrons. The van der Waals surface area contributed by atoms with Gasteiger partial charge in [-0.1, -0.05) is 12.2 Å². The Kier molecular flexibility index (Phi) is 4.90. The number of nitrogens with zero attached hydrogens (tertiary/aromatic N) is 1. The van der Waals surface area contributed by atoms with Crippen LogP contribution in [0.2, 0.25) is 5.82 Å². The number of hydrogen-bond acceptors (Lipinski definition) is 3. The van der Waals surface area contributed by atoms with Gasteiger partial charge in [0.25, 0.3) is 0 Å². The van der Waals surface area contributed by atoms with E-state index in [1.54, 1.807) is 0 Å². The number of carbonyl (C=O) groups is 1. The first-order chi connectivity index (χ1) is 9.07. The van der Waals surface area contributed by atoms with E-state index < -0.39 is 0 Å². The lowest BCUT2D eigenvalue weighted by atomic mass is 9.80. The highest BCUT2D eigenvalue weighted by Gasteiger charge is 2.40. The SMILES string of the molecule is BC1CCC(N(CC)C(=O)C2(C)CCCOC2)NC1. The zero-order chi connectivity index (χ0) is 13.9. The molecule has 0 aliphatic carbocycles. The van der Waals surface area contributed by atoms with Crippen molar-refractivity contribution in [2.75, 3.05) is 26.3 Å². The quantitative estimate of drug-likeness (QED) is 0.768. The minimum absolute atomic E-state index is 0.215. The minimum Gasteiger partial charge on any atom is -0.380 e. The molecule has 19 heavy (non-hydrogen) atoms. The standard InChI is InChI=1S/C14H27BN2O2/c1-3-17(12-6-5-11(15)9-16-12)13(18)14(2)7-4-8-19-10-14/h11-12,16H,3-10,15H2,1-2H3. The molecule has 0 bridgehead atoms. The van der Waals surface area contributed by atoms with Crippen molar-refractivity contribution in [3.63, 3.8) is 0 Å². The fourth-order valence-electron chi connectivity index (χ4n) is 3.20. The van der Waals surface area contributed by atoms with Gasteiger partial charge in [0.15, 0.2) is 0 Å². The lowest BCUT2D eigenvalue weighted by Crippen LogP contribution is -2.56. The van der Waals surface area contributed by atoms with Gasteiger partial charge in [0, 0.05) is 13.2 Å². The van der Waals surface area contributed by atoms with Gasteiger partial charge in [-0.25, -0.2) is 0 Å². The van der Waals surface area contributed by atoms with Crippen LogP contribution in [0.3, 0.4) is 0 Å². The van der Waals surface area contributed by atoms with Crippen LogP contribution in [0.4, 0.5) is 0 Å². The van der Waals surface area contributed by atoms with Crippen LogP contribution in [0.5, 0.6) is 0 Å². The van der Waals surface area contributed by atoms with E-state index in [0.29, 0.717) is 6.61 Å². The van der Waals surface area contributed by atoms with E-state index >= 15 is 0 Å². The maximum Gasteiger partial charge on any atom is 0.232 e. The van der Waals surface area contributed by atoms with Gasteiger partial charge < -0.3 is 9.64 Å². The molecular formula is C14H27BN2O2. The van der Waals surface area contributed by atoms with E-state index in [1.165, 1.54) is 6.42 Å². The molecule has 2 fully saturated rings. The predicted molar refractivity (Wildman–Crippen MR) is 78.9 cm³/mol. The Labute approximate surface area is 117 Å². The van der Waals surface area contributed by atoms with Gasteiger partial charge in [-0.2, -0.15) is 0 Å². The summed E-state index contributed by atoms with van der Waals surface area (Å²) in [5.74, 6) is 0.986. The van der Waals surface area contributed by atoms with Crippen LogP contribution in [0, 0.1) is 5.41 Å². The van der Waals surface area contributed by atoms with E-state index in [0.717, 1.165) is 44.8 Å². The second-order valence-electron chi connectivity index (χ2n) is 6.41. The van der Waals surface area contributed by atoms with Crippen molar-refractivity contribution in [2.45, 2.75) is 51.5 Å². The molecule has 5 heteroatoms. The predicted octanol–water partition coefficient (Wildman–Crippen LogP) is 0.783. The van der Waals surface area contributed by atoms with Gasteiger partial charge in [0.05, 0.1) is 18.2 Å². The van der Waals surface area contributed by atoms with Gasteiger partial charge in [-0.15, -0.1) is 0 Å². The Morgan fingerprint density at radius 3 is 2.84 bits per heavy atom. The minimum atomic E-state index is -0.320. The van der Waals surface area contributed by atoms with Gasteiger partial charge in [-0.05, 0) is 39.7 Å². The maximum atomic E-state index is 12.8. The lowest BCUT2D eigenvalue weighted by molar-refractivity contribution is -0.152. The van der Waals surface area contributed by atoms with E-state index in [-0.39, 0.29) is 17.5 Å². The van der Waals surface area contributed by atoms with Gasteiger partial charge in [-0.3, -0.25) is 10.1 Å². The molecule has 3 atom stereocenters. The van der Waals surface area contributed by atoms with Gasteiger partial charge in [0.1, 0.15) is 7.85 Å². The molecule has 0 aromatic heterocycles. The maximum absolute atomic E-state index is 12.8. The van der Waals surface area contributed by atoms with Crippen molar-refractivity contribution < 1.29 is 9.53 Å². The van der Waals surface area contributed by atoms with Crippen LogP contribution >= 0.6 is 0 Å². The Balaban J connectivity index is 2.02. The summed E-state index contributed by atoms with van der Waals surface area (Å²) in [6.07, 6.45) is 4.43. The van der Waals surface area contributed by atoms with Crippen LogP contribution in [0.15, 0.2) is 0 Å². The fourth-order valence-corrected chi connectivity index (χ4v) is 3.20. The molecular weight excluding hydrogens is 239 g/mol. The molecule has 1 amide bonds. The van der Waals surface area contributed by atoms with E-state index in [4.69, 9.17) is 4.74 Å². The zero-order valence-electron chi connectivity index (χ0n) is 12.6.